The van der Waals surface area contributed by atoms with Crippen LogP contribution in [-0.4, -0.2) is 46.9 Å². The number of carboxylic acids is 1. The molecule has 35 heavy (non-hydrogen) atoms. The number of carbonyl (C=O) groups excluding carboxylic acids is 1. The normalized spacial score (nSPS) is 11.9. The summed E-state index contributed by atoms with van der Waals surface area (Å²) >= 11 is 0. The van der Waals surface area contributed by atoms with Crippen LogP contribution in [0.5, 0.6) is 5.75 Å². The van der Waals surface area contributed by atoms with Gasteiger partial charge in [0.2, 0.25) is 0 Å². The molecule has 2 aromatic carbocycles. The number of para-hydroxylation sites is 3. The molecule has 0 saturated carbocycles. The third-order valence-electron chi connectivity index (χ3n) is 4.68. The summed E-state index contributed by atoms with van der Waals surface area (Å²) in [6, 6.07) is 13.9. The van der Waals surface area contributed by atoms with Crippen LogP contribution in [0.1, 0.15) is 38.6 Å². The Bertz CT molecular complexity index is 1190. The monoisotopic (exact) mass is 479 g/mol. The molecule has 0 bridgehead atoms. The summed E-state index contributed by atoms with van der Waals surface area (Å²) in [6.07, 6.45) is -0.573. The lowest BCUT2D eigenvalue weighted by Gasteiger charge is -2.22. The van der Waals surface area contributed by atoms with Crippen LogP contribution >= 0.6 is 0 Å². The average molecular weight is 480 g/mol. The molecule has 0 saturated heterocycles. The number of oxazole rings is 1. The second-order valence-corrected chi connectivity index (χ2v) is 8.69. The van der Waals surface area contributed by atoms with Gasteiger partial charge in [0.1, 0.15) is 29.5 Å². The molecule has 3 N–H and O–H groups in total. The molecule has 1 amide bonds. The van der Waals surface area contributed by atoms with Crippen molar-refractivity contribution >= 4 is 23.2 Å². The number of benzene rings is 2. The molecule has 9 heteroatoms. The van der Waals surface area contributed by atoms with Crippen molar-refractivity contribution in [1.82, 2.24) is 15.6 Å². The van der Waals surface area contributed by atoms with Crippen LogP contribution in [0.15, 0.2) is 52.9 Å². The summed E-state index contributed by atoms with van der Waals surface area (Å²) in [5.41, 5.74) is 1.62. The van der Waals surface area contributed by atoms with E-state index in [1.54, 1.807) is 20.8 Å². The third kappa shape index (κ3) is 8.36. The van der Waals surface area contributed by atoms with Crippen molar-refractivity contribution in [3.05, 3.63) is 60.0 Å². The van der Waals surface area contributed by atoms with E-state index in [-0.39, 0.29) is 13.0 Å². The van der Waals surface area contributed by atoms with E-state index in [0.717, 1.165) is 11.1 Å². The van der Waals surface area contributed by atoms with Crippen LogP contribution in [0.25, 0.3) is 11.1 Å². The molecule has 1 heterocycles. The van der Waals surface area contributed by atoms with Gasteiger partial charge in [0.15, 0.2) is 5.58 Å². The minimum Gasteiger partial charge on any atom is -0.481 e. The lowest BCUT2D eigenvalue weighted by atomic mass is 10.1. The SMILES string of the molecule is CC(C)(C)OC(=O)N[C@@H](CCNCc1ccccc1OCC#Cc1nc2ccccc2o1)C(=O)O. The second-order valence-electron chi connectivity index (χ2n) is 8.69. The molecule has 0 unspecified atom stereocenters. The maximum Gasteiger partial charge on any atom is 0.408 e. The van der Waals surface area contributed by atoms with Crippen molar-refractivity contribution in [2.75, 3.05) is 13.2 Å². The zero-order valence-corrected chi connectivity index (χ0v) is 20.0. The topological polar surface area (TPSA) is 123 Å². The van der Waals surface area contributed by atoms with E-state index >= 15 is 0 Å². The molecule has 0 aliphatic carbocycles. The van der Waals surface area contributed by atoms with Gasteiger partial charge in [-0.25, -0.2) is 14.6 Å². The number of carbonyl (C=O) groups is 2. The summed E-state index contributed by atoms with van der Waals surface area (Å²) in [5, 5.41) is 15.0. The van der Waals surface area contributed by atoms with Gasteiger partial charge >= 0.3 is 12.1 Å². The highest BCUT2D eigenvalue weighted by atomic mass is 16.6. The molecular formula is C26H29N3O6. The molecule has 184 valence electrons. The molecule has 0 aliphatic heterocycles. The van der Waals surface area contributed by atoms with Crippen molar-refractivity contribution < 1.29 is 28.6 Å². The first-order valence-electron chi connectivity index (χ1n) is 11.2. The van der Waals surface area contributed by atoms with Gasteiger partial charge in [-0.1, -0.05) is 36.3 Å². The number of carboxylic acid groups (broad SMARTS) is 1. The summed E-state index contributed by atoms with van der Waals surface area (Å²) in [4.78, 5) is 27.7. The number of amides is 1. The quantitative estimate of drug-likeness (QED) is 0.314. The van der Waals surface area contributed by atoms with Crippen LogP contribution in [0.2, 0.25) is 0 Å². The number of aromatic nitrogens is 1. The maximum atomic E-state index is 11.9. The summed E-state index contributed by atoms with van der Waals surface area (Å²) < 4.78 is 16.5. The fraction of sp³-hybridized carbons (Fsp3) is 0.346. The first kappa shape index (κ1) is 25.6. The zero-order valence-electron chi connectivity index (χ0n) is 20.0. The fourth-order valence-electron chi connectivity index (χ4n) is 3.12. The van der Waals surface area contributed by atoms with Gasteiger partial charge < -0.3 is 29.6 Å². The minimum atomic E-state index is -1.13. The minimum absolute atomic E-state index is 0.149. The Morgan fingerprint density at radius 3 is 2.63 bits per heavy atom. The van der Waals surface area contributed by atoms with Gasteiger partial charge in [0.05, 0.1) is 0 Å². The molecule has 9 nitrogen and oxygen atoms in total. The molecular weight excluding hydrogens is 450 g/mol. The zero-order chi connectivity index (χ0) is 25.3. The number of nitrogens with zero attached hydrogens (tertiary/aromatic N) is 1. The fourth-order valence-corrected chi connectivity index (χ4v) is 3.12. The molecule has 0 radical (unpaired) electrons. The van der Waals surface area contributed by atoms with Gasteiger partial charge in [0.25, 0.3) is 5.89 Å². The van der Waals surface area contributed by atoms with Crippen LogP contribution in [0.4, 0.5) is 4.79 Å². The largest absolute Gasteiger partial charge is 0.481 e. The lowest BCUT2D eigenvalue weighted by molar-refractivity contribution is -0.139. The van der Waals surface area contributed by atoms with Crippen LogP contribution in [0, 0.1) is 11.8 Å². The van der Waals surface area contributed by atoms with Gasteiger partial charge in [-0.05, 0) is 57.9 Å². The predicted octanol–water partition coefficient (Wildman–Crippen LogP) is 3.72. The Morgan fingerprint density at radius 1 is 1.14 bits per heavy atom. The first-order valence-corrected chi connectivity index (χ1v) is 11.2. The Hall–Kier alpha value is -4.03. The number of ether oxygens (including phenoxy) is 2. The first-order chi connectivity index (χ1) is 16.7. The molecule has 0 aliphatic rings. The van der Waals surface area contributed by atoms with Gasteiger partial charge in [-0.3, -0.25) is 0 Å². The van der Waals surface area contributed by atoms with E-state index in [9.17, 15) is 14.7 Å². The molecule has 1 aromatic heterocycles. The number of hydrogen-bond donors (Lipinski definition) is 3. The van der Waals surface area contributed by atoms with E-state index in [1.807, 2.05) is 48.5 Å². The molecule has 0 spiro atoms. The van der Waals surface area contributed by atoms with E-state index in [2.05, 4.69) is 27.5 Å². The predicted molar refractivity (Wildman–Crippen MR) is 130 cm³/mol. The van der Waals surface area contributed by atoms with Crippen molar-refractivity contribution in [2.24, 2.45) is 0 Å². The van der Waals surface area contributed by atoms with Gasteiger partial charge in [-0.15, -0.1) is 0 Å². The van der Waals surface area contributed by atoms with E-state index in [1.165, 1.54) is 0 Å². The number of alkyl carbamates (subject to hydrolysis) is 1. The van der Waals surface area contributed by atoms with E-state index in [4.69, 9.17) is 13.9 Å². The van der Waals surface area contributed by atoms with Crippen molar-refractivity contribution in [3.63, 3.8) is 0 Å². The smallest absolute Gasteiger partial charge is 0.408 e. The van der Waals surface area contributed by atoms with Crippen molar-refractivity contribution in [1.29, 1.82) is 0 Å². The standard InChI is InChI=1S/C26H29N3O6/c1-26(2,3)35-25(32)29-20(24(30)31)14-15-27-17-18-9-4-6-11-21(18)33-16-8-13-23-28-19-10-5-7-12-22(19)34-23/h4-7,9-12,20,27H,14-17H2,1-3H3,(H,29,32)(H,30,31)/t20-/m0/s1. The number of aliphatic carboxylic acids is 1. The number of rotatable bonds is 9. The highest BCUT2D eigenvalue weighted by Gasteiger charge is 2.23. The number of fused-ring (bicyclic) bond motifs is 1. The molecule has 3 aromatic rings. The van der Waals surface area contributed by atoms with E-state index < -0.39 is 23.7 Å². The molecule has 3 rings (SSSR count). The maximum absolute atomic E-state index is 11.9. The molecule has 0 fully saturated rings. The Balaban J connectivity index is 1.47. The third-order valence-corrected chi connectivity index (χ3v) is 4.68. The average Bonchev–Trinajstić information content (AvgIpc) is 3.21. The van der Waals surface area contributed by atoms with Gasteiger partial charge in [-0.2, -0.15) is 0 Å². The van der Waals surface area contributed by atoms with Crippen LogP contribution < -0.4 is 15.4 Å². The summed E-state index contributed by atoms with van der Waals surface area (Å²) in [7, 11) is 0. The Kier molecular flexibility index (Phi) is 8.70. The van der Waals surface area contributed by atoms with Crippen molar-refractivity contribution in [3.8, 4) is 17.6 Å². The van der Waals surface area contributed by atoms with Crippen LogP contribution in [-0.2, 0) is 16.1 Å². The second kappa shape index (κ2) is 11.9. The van der Waals surface area contributed by atoms with Crippen LogP contribution in [0.3, 0.4) is 0 Å². The summed E-state index contributed by atoms with van der Waals surface area (Å²) in [5.74, 6) is 5.63. The summed E-state index contributed by atoms with van der Waals surface area (Å²) in [6.45, 7) is 6.10. The highest BCUT2D eigenvalue weighted by molar-refractivity contribution is 5.80. The lowest BCUT2D eigenvalue weighted by Crippen LogP contribution is -2.44. The number of nitrogens with one attached hydrogen (secondary N) is 2. The van der Waals surface area contributed by atoms with Gasteiger partial charge in [0, 0.05) is 12.1 Å². The van der Waals surface area contributed by atoms with E-state index in [0.29, 0.717) is 30.3 Å². The molecule has 1 atom stereocenters. The van der Waals surface area contributed by atoms with Crippen molar-refractivity contribution in [2.45, 2.75) is 45.4 Å². The Morgan fingerprint density at radius 2 is 1.89 bits per heavy atom. The number of hydrogen-bond acceptors (Lipinski definition) is 7. The Labute approximate surface area is 203 Å². The highest BCUT2D eigenvalue weighted by Crippen LogP contribution is 2.18.